The van der Waals surface area contributed by atoms with Crippen LogP contribution < -0.4 is 11.1 Å². The summed E-state index contributed by atoms with van der Waals surface area (Å²) in [6, 6.07) is 3.88. The normalized spacial score (nSPS) is 10.5. The number of hydrogen-bond acceptors (Lipinski definition) is 3. The Labute approximate surface area is 124 Å². The number of fused-ring (bicyclic) bond motifs is 1. The molecule has 106 valence electrons. The maximum absolute atomic E-state index is 11.6. The zero-order valence-electron chi connectivity index (χ0n) is 10.8. The first-order chi connectivity index (χ1) is 7.97. The van der Waals surface area contributed by atoms with Crippen LogP contribution >= 0.6 is 24.8 Å². The third-order valence-corrected chi connectivity index (χ3v) is 2.50. The lowest BCUT2D eigenvalue weighted by molar-refractivity contribution is -0.125. The second kappa shape index (κ2) is 6.75. The molecule has 0 bridgehead atoms. The van der Waals surface area contributed by atoms with Gasteiger partial charge in [0.1, 0.15) is 5.65 Å². The number of nitrogens with two attached hydrogens (primary N) is 1. The Kier molecular flexibility index (Phi) is 6.29. The van der Waals surface area contributed by atoms with Crippen molar-refractivity contribution in [1.82, 2.24) is 14.7 Å². The van der Waals surface area contributed by atoms with Crippen LogP contribution in [-0.4, -0.2) is 20.8 Å². The van der Waals surface area contributed by atoms with E-state index in [1.54, 1.807) is 20.0 Å². The topological polar surface area (TPSA) is 72.4 Å². The maximum atomic E-state index is 11.6. The van der Waals surface area contributed by atoms with Crippen LogP contribution in [0.25, 0.3) is 5.65 Å². The highest BCUT2D eigenvalue weighted by atomic mass is 35.5. The Balaban J connectivity index is 0.00000162. The van der Waals surface area contributed by atoms with Crippen molar-refractivity contribution in [1.29, 1.82) is 0 Å². The Hall–Kier alpha value is -1.30. The number of aromatic nitrogens is 2. The summed E-state index contributed by atoms with van der Waals surface area (Å²) < 4.78 is 1.91. The van der Waals surface area contributed by atoms with Crippen molar-refractivity contribution in [2.45, 2.75) is 25.9 Å². The number of rotatable bonds is 3. The molecule has 2 aromatic heterocycles. The summed E-state index contributed by atoms with van der Waals surface area (Å²) in [6.07, 6.45) is 5.53. The third-order valence-electron chi connectivity index (χ3n) is 2.50. The van der Waals surface area contributed by atoms with Crippen LogP contribution in [0.15, 0.2) is 30.7 Å². The number of imidazole rings is 1. The number of hydrogen-bond donors (Lipinski definition) is 2. The Morgan fingerprint density at radius 3 is 2.74 bits per heavy atom. The van der Waals surface area contributed by atoms with E-state index in [0.29, 0.717) is 6.54 Å². The van der Waals surface area contributed by atoms with E-state index in [1.165, 1.54) is 0 Å². The second-order valence-corrected chi connectivity index (χ2v) is 4.63. The average Bonchev–Trinajstić information content (AvgIpc) is 2.71. The third kappa shape index (κ3) is 4.38. The van der Waals surface area contributed by atoms with Crippen molar-refractivity contribution in [3.63, 3.8) is 0 Å². The van der Waals surface area contributed by atoms with Crippen molar-refractivity contribution in [2.24, 2.45) is 5.73 Å². The van der Waals surface area contributed by atoms with E-state index < -0.39 is 5.54 Å². The molecular weight excluding hydrogens is 287 g/mol. The zero-order chi connectivity index (χ0) is 12.5. The molecular formula is C12H18Cl2N4O. The molecule has 0 aliphatic carbocycles. The first-order valence-electron chi connectivity index (χ1n) is 5.45. The van der Waals surface area contributed by atoms with Gasteiger partial charge in [-0.25, -0.2) is 4.98 Å². The molecule has 19 heavy (non-hydrogen) atoms. The summed E-state index contributed by atoms with van der Waals surface area (Å²) in [5.41, 5.74) is 6.70. The fraction of sp³-hybridized carbons (Fsp3) is 0.333. The lowest BCUT2D eigenvalue weighted by atomic mass is 10.1. The van der Waals surface area contributed by atoms with Gasteiger partial charge in [-0.3, -0.25) is 4.79 Å². The standard InChI is InChI=1S/C12H16N4O.2ClH/c1-12(2,13)11(17)15-8-9-3-5-16-6-4-14-10(16)7-9;;/h3-7H,8,13H2,1-2H3,(H,15,17);2*1H. The minimum atomic E-state index is -0.850. The van der Waals surface area contributed by atoms with Crippen LogP contribution in [0.2, 0.25) is 0 Å². The Morgan fingerprint density at radius 2 is 2.11 bits per heavy atom. The molecule has 2 rings (SSSR count). The first kappa shape index (κ1) is 17.7. The van der Waals surface area contributed by atoms with E-state index in [0.717, 1.165) is 11.2 Å². The molecule has 0 aliphatic rings. The largest absolute Gasteiger partial charge is 0.350 e. The number of nitrogens with one attached hydrogen (secondary N) is 1. The van der Waals surface area contributed by atoms with Crippen LogP contribution in [0.3, 0.4) is 0 Å². The second-order valence-electron chi connectivity index (χ2n) is 4.63. The van der Waals surface area contributed by atoms with E-state index in [1.807, 2.05) is 28.9 Å². The number of carbonyl (C=O) groups excluding carboxylic acids is 1. The van der Waals surface area contributed by atoms with Gasteiger partial charge in [-0.2, -0.15) is 0 Å². The molecule has 0 unspecified atom stereocenters. The van der Waals surface area contributed by atoms with Gasteiger partial charge >= 0.3 is 0 Å². The SMILES string of the molecule is CC(C)(N)C(=O)NCc1ccn2ccnc2c1.Cl.Cl. The minimum absolute atomic E-state index is 0. The summed E-state index contributed by atoms with van der Waals surface area (Å²) in [5, 5.41) is 2.79. The highest BCUT2D eigenvalue weighted by Gasteiger charge is 2.20. The Bertz CT molecular complexity index is 548. The number of carbonyl (C=O) groups is 1. The van der Waals surface area contributed by atoms with E-state index >= 15 is 0 Å². The molecule has 7 heteroatoms. The van der Waals surface area contributed by atoms with Crippen molar-refractivity contribution in [3.05, 3.63) is 36.3 Å². The van der Waals surface area contributed by atoms with Crippen LogP contribution in [0.1, 0.15) is 19.4 Å². The van der Waals surface area contributed by atoms with Crippen LogP contribution in [0.5, 0.6) is 0 Å². The summed E-state index contributed by atoms with van der Waals surface area (Å²) >= 11 is 0. The molecule has 2 aromatic rings. The lowest BCUT2D eigenvalue weighted by Crippen LogP contribution is -2.48. The fourth-order valence-corrected chi connectivity index (χ4v) is 1.47. The van der Waals surface area contributed by atoms with Crippen molar-refractivity contribution in [3.8, 4) is 0 Å². The van der Waals surface area contributed by atoms with Crippen molar-refractivity contribution >= 4 is 36.4 Å². The van der Waals surface area contributed by atoms with Crippen molar-refractivity contribution in [2.75, 3.05) is 0 Å². The molecule has 1 amide bonds. The number of halogens is 2. The maximum Gasteiger partial charge on any atom is 0.239 e. The van der Waals surface area contributed by atoms with E-state index in [-0.39, 0.29) is 30.7 Å². The molecule has 0 radical (unpaired) electrons. The van der Waals surface area contributed by atoms with Gasteiger partial charge in [-0.1, -0.05) is 0 Å². The molecule has 0 saturated heterocycles. The Morgan fingerprint density at radius 1 is 1.42 bits per heavy atom. The van der Waals surface area contributed by atoms with Gasteiger partial charge in [0, 0.05) is 25.1 Å². The molecule has 0 fully saturated rings. The first-order valence-corrected chi connectivity index (χ1v) is 5.45. The highest BCUT2D eigenvalue weighted by Crippen LogP contribution is 2.05. The van der Waals surface area contributed by atoms with Crippen LogP contribution in [0, 0.1) is 0 Å². The quantitative estimate of drug-likeness (QED) is 0.903. The summed E-state index contributed by atoms with van der Waals surface area (Å²) in [7, 11) is 0. The molecule has 0 spiro atoms. The zero-order valence-corrected chi connectivity index (χ0v) is 12.4. The van der Waals surface area contributed by atoms with Gasteiger partial charge in [0.15, 0.2) is 0 Å². The summed E-state index contributed by atoms with van der Waals surface area (Å²) in [4.78, 5) is 15.8. The molecule has 0 atom stereocenters. The van der Waals surface area contributed by atoms with E-state index in [2.05, 4.69) is 10.3 Å². The van der Waals surface area contributed by atoms with E-state index in [4.69, 9.17) is 5.73 Å². The molecule has 0 aromatic carbocycles. The van der Waals surface area contributed by atoms with Gasteiger partial charge in [0.25, 0.3) is 0 Å². The molecule has 5 nitrogen and oxygen atoms in total. The lowest BCUT2D eigenvalue weighted by Gasteiger charge is -2.17. The van der Waals surface area contributed by atoms with Gasteiger partial charge in [-0.05, 0) is 31.5 Å². The predicted octanol–water partition coefficient (Wildman–Crippen LogP) is 1.53. The number of nitrogens with zero attached hydrogens (tertiary/aromatic N) is 2. The smallest absolute Gasteiger partial charge is 0.239 e. The molecule has 2 heterocycles. The monoisotopic (exact) mass is 304 g/mol. The van der Waals surface area contributed by atoms with Gasteiger partial charge in [0.2, 0.25) is 5.91 Å². The average molecular weight is 305 g/mol. The van der Waals surface area contributed by atoms with Gasteiger partial charge in [0.05, 0.1) is 5.54 Å². The molecule has 0 saturated carbocycles. The highest BCUT2D eigenvalue weighted by molar-refractivity contribution is 5.86. The molecule has 0 aliphatic heterocycles. The van der Waals surface area contributed by atoms with Crippen molar-refractivity contribution < 1.29 is 4.79 Å². The molecule has 3 N–H and O–H groups in total. The summed E-state index contributed by atoms with van der Waals surface area (Å²) in [5.74, 6) is -0.166. The predicted molar refractivity (Wildman–Crippen MR) is 79.8 cm³/mol. The minimum Gasteiger partial charge on any atom is -0.350 e. The summed E-state index contributed by atoms with van der Waals surface area (Å²) in [6.45, 7) is 3.82. The van der Waals surface area contributed by atoms with Gasteiger partial charge in [-0.15, -0.1) is 24.8 Å². The fourth-order valence-electron chi connectivity index (χ4n) is 1.47. The van der Waals surface area contributed by atoms with Crippen LogP contribution in [0.4, 0.5) is 0 Å². The van der Waals surface area contributed by atoms with E-state index in [9.17, 15) is 4.79 Å². The van der Waals surface area contributed by atoms with Gasteiger partial charge < -0.3 is 15.5 Å². The number of pyridine rings is 1. The number of amides is 1. The van der Waals surface area contributed by atoms with Crippen LogP contribution in [-0.2, 0) is 11.3 Å².